The maximum Gasteiger partial charge on any atom is 0.313 e. The lowest BCUT2D eigenvalue weighted by Crippen LogP contribution is -1.97. The topological polar surface area (TPSA) is 88.1 Å². The highest BCUT2D eigenvalue weighted by molar-refractivity contribution is 7.99. The number of nitrogens with one attached hydrogen (secondary N) is 1. The molecule has 0 saturated heterocycles. The van der Waals surface area contributed by atoms with Gasteiger partial charge in [0.25, 0.3) is 0 Å². The lowest BCUT2D eigenvalue weighted by Gasteiger charge is -2.05. The number of H-pyrrole nitrogens is 1. The van der Waals surface area contributed by atoms with Crippen molar-refractivity contribution < 1.29 is 14.6 Å². The van der Waals surface area contributed by atoms with E-state index in [2.05, 4.69) is 22.1 Å². The maximum absolute atomic E-state index is 10.5. The summed E-state index contributed by atoms with van der Waals surface area (Å²) in [5.74, 6) is 0.428. The van der Waals surface area contributed by atoms with Gasteiger partial charge in [0.2, 0.25) is 0 Å². The molecular weight excluding hydrogens is 278 g/mol. The van der Waals surface area contributed by atoms with E-state index in [1.54, 1.807) is 7.11 Å². The second-order valence-electron chi connectivity index (χ2n) is 4.08. The quantitative estimate of drug-likeness (QED) is 0.794. The standard InChI is InChI=1S/C13H15N3O3S/c1-3-8-4-9(6-10(5-8)19-2)12-14-13(16-15-12)20-7-11(17)18/h4-6H,3,7H2,1-2H3,(H,17,18)(H,14,15,16). The van der Waals surface area contributed by atoms with Crippen molar-refractivity contribution in [2.75, 3.05) is 12.9 Å². The van der Waals surface area contributed by atoms with Crippen molar-refractivity contribution in [3.05, 3.63) is 23.8 Å². The molecule has 0 spiro atoms. The molecule has 2 rings (SSSR count). The number of aryl methyl sites for hydroxylation is 1. The van der Waals surface area contributed by atoms with Crippen molar-refractivity contribution in [2.24, 2.45) is 0 Å². The van der Waals surface area contributed by atoms with Crippen molar-refractivity contribution in [2.45, 2.75) is 18.5 Å². The monoisotopic (exact) mass is 293 g/mol. The number of thioether (sulfide) groups is 1. The molecule has 1 heterocycles. The van der Waals surface area contributed by atoms with Gasteiger partial charge in [-0.25, -0.2) is 0 Å². The number of carbonyl (C=O) groups is 1. The minimum atomic E-state index is -0.886. The Hall–Kier alpha value is -2.02. The van der Waals surface area contributed by atoms with Crippen LogP contribution in [0.4, 0.5) is 0 Å². The van der Waals surface area contributed by atoms with Crippen LogP contribution in [0.25, 0.3) is 11.4 Å². The van der Waals surface area contributed by atoms with Crippen molar-refractivity contribution >= 4 is 17.7 Å². The summed E-state index contributed by atoms with van der Waals surface area (Å²) in [5.41, 5.74) is 2.01. The lowest BCUT2D eigenvalue weighted by molar-refractivity contribution is -0.133. The van der Waals surface area contributed by atoms with Crippen LogP contribution >= 0.6 is 11.8 Å². The van der Waals surface area contributed by atoms with E-state index in [-0.39, 0.29) is 5.75 Å². The smallest absolute Gasteiger partial charge is 0.313 e. The van der Waals surface area contributed by atoms with Crippen LogP contribution in [-0.4, -0.2) is 39.1 Å². The molecule has 1 aromatic carbocycles. The molecule has 0 saturated carbocycles. The summed E-state index contributed by atoms with van der Waals surface area (Å²) >= 11 is 1.10. The minimum absolute atomic E-state index is 0.0487. The van der Waals surface area contributed by atoms with Gasteiger partial charge in [-0.05, 0) is 30.2 Å². The van der Waals surface area contributed by atoms with Gasteiger partial charge < -0.3 is 14.8 Å². The molecule has 6 nitrogen and oxygen atoms in total. The van der Waals surface area contributed by atoms with Gasteiger partial charge in [0, 0.05) is 5.56 Å². The van der Waals surface area contributed by atoms with Crippen LogP contribution in [0.1, 0.15) is 12.5 Å². The number of aromatic amines is 1. The number of ether oxygens (including phenoxy) is 1. The largest absolute Gasteiger partial charge is 0.497 e. The molecule has 0 unspecified atom stereocenters. The molecule has 20 heavy (non-hydrogen) atoms. The Kier molecular flexibility index (Phi) is 4.62. The number of hydrogen-bond donors (Lipinski definition) is 2. The molecular formula is C13H15N3O3S. The predicted octanol–water partition coefficient (Wildman–Crippen LogP) is 2.22. The van der Waals surface area contributed by atoms with Gasteiger partial charge in [-0.15, -0.1) is 10.2 Å². The minimum Gasteiger partial charge on any atom is -0.497 e. The van der Waals surface area contributed by atoms with Gasteiger partial charge in [0.1, 0.15) is 5.75 Å². The molecule has 0 aliphatic rings. The van der Waals surface area contributed by atoms with Crippen molar-refractivity contribution in [3.8, 4) is 17.1 Å². The third-order valence-electron chi connectivity index (χ3n) is 2.68. The number of carboxylic acids is 1. The number of rotatable bonds is 6. The van der Waals surface area contributed by atoms with E-state index in [0.29, 0.717) is 11.0 Å². The van der Waals surface area contributed by atoms with Crippen molar-refractivity contribution in [1.82, 2.24) is 15.2 Å². The van der Waals surface area contributed by atoms with Crippen LogP contribution in [0, 0.1) is 0 Å². The normalized spacial score (nSPS) is 10.5. The molecule has 2 N–H and O–H groups in total. The second kappa shape index (κ2) is 6.42. The number of nitrogens with zero attached hydrogens (tertiary/aromatic N) is 2. The van der Waals surface area contributed by atoms with Crippen LogP contribution in [0.2, 0.25) is 0 Å². The Morgan fingerprint density at radius 2 is 2.20 bits per heavy atom. The zero-order valence-electron chi connectivity index (χ0n) is 11.2. The van der Waals surface area contributed by atoms with E-state index in [1.165, 1.54) is 0 Å². The van der Waals surface area contributed by atoms with E-state index in [9.17, 15) is 4.79 Å². The fourth-order valence-electron chi connectivity index (χ4n) is 1.69. The molecule has 7 heteroatoms. The number of hydrogen-bond acceptors (Lipinski definition) is 5. The van der Waals surface area contributed by atoms with Crippen LogP contribution < -0.4 is 4.74 Å². The highest BCUT2D eigenvalue weighted by Crippen LogP contribution is 2.25. The Bertz CT molecular complexity index is 590. The van der Waals surface area contributed by atoms with Gasteiger partial charge in [0.05, 0.1) is 12.9 Å². The molecule has 2 aromatic rings. The van der Waals surface area contributed by atoms with E-state index in [1.807, 2.05) is 18.2 Å². The fraction of sp³-hybridized carbons (Fsp3) is 0.308. The highest BCUT2D eigenvalue weighted by atomic mass is 32.2. The molecule has 0 aliphatic carbocycles. The second-order valence-corrected chi connectivity index (χ2v) is 5.05. The number of aliphatic carboxylic acids is 1. The number of methoxy groups -OCH3 is 1. The Balaban J connectivity index is 2.24. The highest BCUT2D eigenvalue weighted by Gasteiger charge is 2.09. The molecule has 0 amide bonds. The van der Waals surface area contributed by atoms with Gasteiger partial charge in [-0.2, -0.15) is 0 Å². The molecule has 0 bridgehead atoms. The van der Waals surface area contributed by atoms with Crippen LogP contribution in [-0.2, 0) is 11.2 Å². The summed E-state index contributed by atoms with van der Waals surface area (Å²) in [6.07, 6.45) is 0.888. The van der Waals surface area contributed by atoms with E-state index < -0.39 is 5.97 Å². The van der Waals surface area contributed by atoms with Crippen LogP contribution in [0.15, 0.2) is 23.4 Å². The molecule has 0 aliphatic heterocycles. The van der Waals surface area contributed by atoms with Gasteiger partial charge >= 0.3 is 5.97 Å². The van der Waals surface area contributed by atoms with Crippen LogP contribution in [0.3, 0.4) is 0 Å². The average molecular weight is 293 g/mol. The van der Waals surface area contributed by atoms with Gasteiger partial charge in [-0.3, -0.25) is 4.79 Å². The average Bonchev–Trinajstić information content (AvgIpc) is 2.93. The molecule has 0 atom stereocenters. The third kappa shape index (κ3) is 3.51. The molecule has 1 aromatic heterocycles. The first kappa shape index (κ1) is 14.4. The SMILES string of the molecule is CCc1cc(OC)cc(-c2nnc(SCC(=O)O)[nH]2)c1. The number of carboxylic acid groups (broad SMARTS) is 1. The summed E-state index contributed by atoms with van der Waals surface area (Å²) in [4.78, 5) is 13.5. The maximum atomic E-state index is 10.5. The number of benzene rings is 1. The summed E-state index contributed by atoms with van der Waals surface area (Å²) in [5, 5.41) is 17.1. The van der Waals surface area contributed by atoms with Crippen LogP contribution in [0.5, 0.6) is 5.75 Å². The molecule has 0 fully saturated rings. The molecule has 0 radical (unpaired) electrons. The summed E-state index contributed by atoms with van der Waals surface area (Å²) < 4.78 is 5.26. The Morgan fingerprint density at radius 3 is 2.85 bits per heavy atom. The zero-order chi connectivity index (χ0) is 14.5. The Morgan fingerprint density at radius 1 is 1.40 bits per heavy atom. The summed E-state index contributed by atoms with van der Waals surface area (Å²) in [7, 11) is 1.62. The van der Waals surface area contributed by atoms with Crippen molar-refractivity contribution in [3.63, 3.8) is 0 Å². The fourth-order valence-corrected chi connectivity index (χ4v) is 2.22. The molecule has 106 valence electrons. The lowest BCUT2D eigenvalue weighted by atomic mass is 10.1. The third-order valence-corrected chi connectivity index (χ3v) is 3.53. The Labute approximate surface area is 120 Å². The first-order valence-corrected chi connectivity index (χ1v) is 7.06. The predicted molar refractivity (Wildman–Crippen MR) is 76.1 cm³/mol. The zero-order valence-corrected chi connectivity index (χ0v) is 12.0. The number of aromatic nitrogens is 3. The van der Waals surface area contributed by atoms with E-state index in [4.69, 9.17) is 9.84 Å². The van der Waals surface area contributed by atoms with Gasteiger partial charge in [-0.1, -0.05) is 18.7 Å². The first-order chi connectivity index (χ1) is 9.62. The van der Waals surface area contributed by atoms with E-state index >= 15 is 0 Å². The van der Waals surface area contributed by atoms with E-state index in [0.717, 1.165) is 35.1 Å². The van der Waals surface area contributed by atoms with Crippen molar-refractivity contribution in [1.29, 1.82) is 0 Å². The first-order valence-electron chi connectivity index (χ1n) is 6.08. The summed E-state index contributed by atoms with van der Waals surface area (Å²) in [6, 6.07) is 5.85. The summed E-state index contributed by atoms with van der Waals surface area (Å²) in [6.45, 7) is 2.06. The van der Waals surface area contributed by atoms with Gasteiger partial charge in [0.15, 0.2) is 11.0 Å².